The molecule has 2 fully saturated rings. The van der Waals surface area contributed by atoms with Crippen LogP contribution in [0.2, 0.25) is 0 Å². The number of hydrogen-bond acceptors (Lipinski definition) is 6. The second-order valence-electron chi connectivity index (χ2n) is 7.50. The maximum absolute atomic E-state index is 13.6. The van der Waals surface area contributed by atoms with E-state index in [1.54, 1.807) is 16.5 Å². The van der Waals surface area contributed by atoms with Gasteiger partial charge in [-0.25, -0.2) is 9.78 Å². The Morgan fingerprint density at radius 3 is 2.57 bits per heavy atom. The summed E-state index contributed by atoms with van der Waals surface area (Å²) in [7, 11) is 0. The second kappa shape index (κ2) is 6.86. The van der Waals surface area contributed by atoms with Crippen molar-refractivity contribution in [2.24, 2.45) is 0 Å². The number of benzene rings is 1. The number of halogens is 3. The lowest BCUT2D eigenvalue weighted by Crippen LogP contribution is -2.62. The van der Waals surface area contributed by atoms with E-state index in [1.807, 2.05) is 0 Å². The standard InChI is InChI=1S/C19H17F3N4O3S/c20-19(21,22)13-5-4-12(16-23-6-7-30-16)15-14(13)24-17(29-15)25-8-10-2-1-3-11(9-25)26(10)18(27)28/h4-7,10-11H,1-3,8-9H2,(H,27,28). The first-order chi connectivity index (χ1) is 14.3. The molecular weight excluding hydrogens is 421 g/mol. The minimum absolute atomic E-state index is 0.0422. The molecule has 30 heavy (non-hydrogen) atoms. The Balaban J connectivity index is 1.59. The third-order valence-corrected chi connectivity index (χ3v) is 6.52. The molecule has 1 N–H and O–H groups in total. The third-order valence-electron chi connectivity index (χ3n) is 5.72. The van der Waals surface area contributed by atoms with Crippen molar-refractivity contribution in [2.45, 2.75) is 37.5 Å². The maximum Gasteiger partial charge on any atom is 0.418 e. The van der Waals surface area contributed by atoms with Crippen LogP contribution >= 0.6 is 11.3 Å². The van der Waals surface area contributed by atoms with Gasteiger partial charge in [-0.2, -0.15) is 18.2 Å². The molecule has 5 rings (SSSR count). The highest BCUT2D eigenvalue weighted by Crippen LogP contribution is 2.41. The van der Waals surface area contributed by atoms with E-state index in [4.69, 9.17) is 4.42 Å². The van der Waals surface area contributed by atoms with E-state index in [-0.39, 0.29) is 29.2 Å². The highest BCUT2D eigenvalue weighted by molar-refractivity contribution is 7.13. The quantitative estimate of drug-likeness (QED) is 0.625. The van der Waals surface area contributed by atoms with Crippen LogP contribution in [0.25, 0.3) is 21.7 Å². The number of rotatable bonds is 2. The lowest BCUT2D eigenvalue weighted by molar-refractivity contribution is -0.136. The van der Waals surface area contributed by atoms with Crippen LogP contribution in [-0.2, 0) is 6.18 Å². The summed E-state index contributed by atoms with van der Waals surface area (Å²) in [6, 6.07) is 1.98. The van der Waals surface area contributed by atoms with Crippen molar-refractivity contribution >= 4 is 34.5 Å². The summed E-state index contributed by atoms with van der Waals surface area (Å²) in [6.45, 7) is 0.674. The monoisotopic (exact) mass is 438 g/mol. The molecule has 0 spiro atoms. The van der Waals surface area contributed by atoms with E-state index in [1.165, 1.54) is 22.3 Å². The third kappa shape index (κ3) is 3.08. The van der Waals surface area contributed by atoms with Gasteiger partial charge in [-0.1, -0.05) is 0 Å². The van der Waals surface area contributed by atoms with Gasteiger partial charge >= 0.3 is 12.3 Å². The number of carboxylic acid groups (broad SMARTS) is 1. The van der Waals surface area contributed by atoms with Gasteiger partial charge in [0, 0.05) is 24.7 Å². The first-order valence-electron chi connectivity index (χ1n) is 9.49. The van der Waals surface area contributed by atoms with Gasteiger partial charge in [0.15, 0.2) is 5.58 Å². The molecule has 3 aromatic rings. The first-order valence-corrected chi connectivity index (χ1v) is 10.4. The van der Waals surface area contributed by atoms with E-state index in [0.717, 1.165) is 12.5 Å². The highest BCUT2D eigenvalue weighted by Gasteiger charge is 2.42. The van der Waals surface area contributed by atoms with E-state index in [0.29, 0.717) is 36.5 Å². The fourth-order valence-electron chi connectivity index (χ4n) is 4.46. The number of oxazole rings is 1. The Morgan fingerprint density at radius 2 is 1.97 bits per heavy atom. The number of thiazole rings is 1. The molecule has 11 heteroatoms. The van der Waals surface area contributed by atoms with Crippen molar-refractivity contribution < 1.29 is 27.5 Å². The molecule has 7 nitrogen and oxygen atoms in total. The molecular formula is C19H17F3N4O3S. The van der Waals surface area contributed by atoms with Crippen LogP contribution in [-0.4, -0.2) is 51.2 Å². The number of piperidine rings is 1. The molecule has 0 saturated carbocycles. The largest absolute Gasteiger partial charge is 0.465 e. The van der Waals surface area contributed by atoms with E-state index in [2.05, 4.69) is 9.97 Å². The van der Waals surface area contributed by atoms with Crippen molar-refractivity contribution in [1.29, 1.82) is 0 Å². The number of fused-ring (bicyclic) bond motifs is 3. The topological polar surface area (TPSA) is 82.7 Å². The fraction of sp³-hybridized carbons (Fsp3) is 0.421. The molecule has 2 bridgehead atoms. The summed E-state index contributed by atoms with van der Waals surface area (Å²) in [5.41, 5.74) is -0.620. The lowest BCUT2D eigenvalue weighted by atomic mass is 9.92. The molecule has 2 atom stereocenters. The summed E-state index contributed by atoms with van der Waals surface area (Å²) in [6.07, 6.45) is -1.63. The molecule has 2 aromatic heterocycles. The van der Waals surface area contributed by atoms with Crippen LogP contribution in [0.5, 0.6) is 0 Å². The molecule has 1 amide bonds. The van der Waals surface area contributed by atoms with Crippen LogP contribution < -0.4 is 4.90 Å². The van der Waals surface area contributed by atoms with E-state index in [9.17, 15) is 23.1 Å². The molecule has 2 unspecified atom stereocenters. The van der Waals surface area contributed by atoms with Gasteiger partial charge in [-0.3, -0.25) is 4.90 Å². The molecule has 0 aliphatic carbocycles. The number of amides is 1. The van der Waals surface area contributed by atoms with Gasteiger partial charge in [0.2, 0.25) is 0 Å². The number of anilines is 1. The summed E-state index contributed by atoms with van der Waals surface area (Å²) in [5.74, 6) is 0. The molecule has 0 radical (unpaired) electrons. The fourth-order valence-corrected chi connectivity index (χ4v) is 5.12. The molecule has 2 saturated heterocycles. The zero-order valence-corrected chi connectivity index (χ0v) is 16.4. The van der Waals surface area contributed by atoms with Crippen molar-refractivity contribution in [2.75, 3.05) is 18.0 Å². The lowest BCUT2D eigenvalue weighted by Gasteiger charge is -2.48. The number of hydrogen-bond donors (Lipinski definition) is 1. The van der Waals surface area contributed by atoms with Gasteiger partial charge in [0.25, 0.3) is 6.01 Å². The minimum atomic E-state index is -4.58. The second-order valence-corrected chi connectivity index (χ2v) is 8.40. The Kier molecular flexibility index (Phi) is 4.38. The van der Waals surface area contributed by atoms with Crippen LogP contribution in [0.1, 0.15) is 24.8 Å². The van der Waals surface area contributed by atoms with Gasteiger partial charge in [0.1, 0.15) is 10.5 Å². The summed E-state index contributed by atoms with van der Waals surface area (Å²) < 4.78 is 46.6. The normalized spacial score (nSPS) is 22.0. The van der Waals surface area contributed by atoms with Crippen molar-refractivity contribution in [3.63, 3.8) is 0 Å². The number of piperazine rings is 1. The zero-order chi connectivity index (χ0) is 21.0. The Labute approximate surface area is 172 Å². The molecule has 1 aromatic carbocycles. The Morgan fingerprint density at radius 1 is 1.23 bits per heavy atom. The number of aromatic nitrogens is 2. The first kappa shape index (κ1) is 19.2. The Hall–Kier alpha value is -2.82. The number of nitrogens with zero attached hydrogens (tertiary/aromatic N) is 4. The predicted molar refractivity (Wildman–Crippen MR) is 104 cm³/mol. The van der Waals surface area contributed by atoms with Gasteiger partial charge in [-0.05, 0) is 31.4 Å². The highest BCUT2D eigenvalue weighted by atomic mass is 32.1. The SMILES string of the molecule is O=C(O)N1C2CCCC1CN(c1nc3c(C(F)(F)F)ccc(-c4nccs4)c3o1)C2. The summed E-state index contributed by atoms with van der Waals surface area (Å²) >= 11 is 1.30. The number of alkyl halides is 3. The molecule has 158 valence electrons. The van der Waals surface area contributed by atoms with Crippen molar-refractivity contribution in [3.8, 4) is 10.6 Å². The van der Waals surface area contributed by atoms with Crippen LogP contribution in [0, 0.1) is 0 Å². The van der Waals surface area contributed by atoms with Crippen molar-refractivity contribution in [1.82, 2.24) is 14.9 Å². The Bertz CT molecular complexity index is 1080. The summed E-state index contributed by atoms with van der Waals surface area (Å²) in [5, 5.41) is 11.8. The maximum atomic E-state index is 13.6. The molecule has 2 aliphatic rings. The number of carbonyl (C=O) groups is 1. The van der Waals surface area contributed by atoms with Gasteiger partial charge < -0.3 is 14.4 Å². The van der Waals surface area contributed by atoms with Gasteiger partial charge in [0.05, 0.1) is 23.2 Å². The summed E-state index contributed by atoms with van der Waals surface area (Å²) in [4.78, 5) is 23.3. The average molecular weight is 438 g/mol. The van der Waals surface area contributed by atoms with Crippen LogP contribution in [0.4, 0.5) is 24.0 Å². The van der Waals surface area contributed by atoms with Crippen LogP contribution in [0.3, 0.4) is 0 Å². The zero-order valence-electron chi connectivity index (χ0n) is 15.6. The smallest absolute Gasteiger partial charge is 0.418 e. The van der Waals surface area contributed by atoms with Crippen LogP contribution in [0.15, 0.2) is 28.1 Å². The molecule has 4 heterocycles. The predicted octanol–water partition coefficient (Wildman–Crippen LogP) is 4.69. The van der Waals surface area contributed by atoms with Gasteiger partial charge in [-0.15, -0.1) is 11.3 Å². The average Bonchev–Trinajstić information content (AvgIpc) is 3.35. The minimum Gasteiger partial charge on any atom is -0.465 e. The van der Waals surface area contributed by atoms with E-state index >= 15 is 0 Å². The van der Waals surface area contributed by atoms with Crippen molar-refractivity contribution in [3.05, 3.63) is 29.3 Å². The van der Waals surface area contributed by atoms with E-state index < -0.39 is 17.8 Å². The molecule has 2 aliphatic heterocycles.